The van der Waals surface area contributed by atoms with Crippen LogP contribution in [0.15, 0.2) is 11.6 Å². The molecule has 0 spiro atoms. The van der Waals surface area contributed by atoms with E-state index in [1.54, 1.807) is 5.57 Å². The minimum absolute atomic E-state index is 0.461. The third-order valence-electron chi connectivity index (χ3n) is 1.71. The third-order valence-corrected chi connectivity index (χ3v) is 1.71. The number of hydrogen-bond donors (Lipinski definition) is 1. The first-order valence-corrected chi connectivity index (χ1v) is 3.96. The predicted molar refractivity (Wildman–Crippen MR) is 45.0 cm³/mol. The summed E-state index contributed by atoms with van der Waals surface area (Å²) in [5.74, 6) is 0. The van der Waals surface area contributed by atoms with Gasteiger partial charge >= 0.3 is 0 Å². The highest BCUT2D eigenvalue weighted by Gasteiger charge is 2.11. The Morgan fingerprint density at radius 1 is 1.40 bits per heavy atom. The van der Waals surface area contributed by atoms with Crippen LogP contribution in [0, 0.1) is 5.41 Å². The van der Waals surface area contributed by atoms with Crippen LogP contribution in [0.25, 0.3) is 0 Å². The van der Waals surface area contributed by atoms with Gasteiger partial charge in [0.1, 0.15) is 0 Å². The highest BCUT2D eigenvalue weighted by molar-refractivity contribution is 5.14. The molecule has 1 N–H and O–H groups in total. The smallest absolute Gasteiger partial charge is 0.0180 e. The Bertz CT molecular complexity index is 133. The molecule has 1 heteroatoms. The summed E-state index contributed by atoms with van der Waals surface area (Å²) in [5.41, 5.74) is 2.04. The molecule has 0 radical (unpaired) electrons. The van der Waals surface area contributed by atoms with Crippen LogP contribution in [0.1, 0.15) is 27.2 Å². The lowest BCUT2D eigenvalue weighted by atomic mass is 9.90. The lowest BCUT2D eigenvalue weighted by Crippen LogP contribution is -2.33. The van der Waals surface area contributed by atoms with Gasteiger partial charge in [0.05, 0.1) is 0 Å². The van der Waals surface area contributed by atoms with Crippen molar-refractivity contribution in [3.63, 3.8) is 0 Å². The molecule has 1 fully saturated rings. The molecule has 0 aromatic carbocycles. The van der Waals surface area contributed by atoms with Crippen molar-refractivity contribution < 1.29 is 0 Å². The van der Waals surface area contributed by atoms with Crippen LogP contribution in [0.2, 0.25) is 0 Å². The highest BCUT2D eigenvalue weighted by atomic mass is 14.9. The highest BCUT2D eigenvalue weighted by Crippen LogP contribution is 2.20. The van der Waals surface area contributed by atoms with E-state index in [1.165, 1.54) is 6.42 Å². The molecule has 0 saturated carbocycles. The maximum atomic E-state index is 3.23. The van der Waals surface area contributed by atoms with E-state index >= 15 is 0 Å². The predicted octanol–water partition coefficient (Wildman–Crippen LogP) is 1.95. The van der Waals surface area contributed by atoms with E-state index in [1.807, 2.05) is 0 Å². The van der Waals surface area contributed by atoms with Crippen molar-refractivity contribution >= 4 is 0 Å². The van der Waals surface area contributed by atoms with E-state index in [2.05, 4.69) is 32.2 Å². The van der Waals surface area contributed by atoms with E-state index in [4.69, 9.17) is 0 Å². The van der Waals surface area contributed by atoms with Gasteiger partial charge < -0.3 is 5.32 Å². The van der Waals surface area contributed by atoms with E-state index in [0.717, 1.165) is 13.1 Å². The average molecular weight is 139 g/mol. The van der Waals surface area contributed by atoms with Crippen molar-refractivity contribution in [2.24, 2.45) is 5.41 Å². The van der Waals surface area contributed by atoms with Gasteiger partial charge in [0.15, 0.2) is 0 Å². The second-order valence-corrected chi connectivity index (χ2v) is 4.23. The summed E-state index contributed by atoms with van der Waals surface area (Å²) in [7, 11) is 0. The summed E-state index contributed by atoms with van der Waals surface area (Å²) in [6.45, 7) is 9.06. The molecule has 1 nitrogen and oxygen atoms in total. The molecule has 0 bridgehead atoms. The fraction of sp³-hybridized carbons (Fsp3) is 0.778. The second-order valence-electron chi connectivity index (χ2n) is 4.23. The minimum Gasteiger partial charge on any atom is -0.309 e. The van der Waals surface area contributed by atoms with Crippen LogP contribution >= 0.6 is 0 Å². The Morgan fingerprint density at radius 3 is 2.30 bits per heavy atom. The van der Waals surface area contributed by atoms with Gasteiger partial charge in [0.25, 0.3) is 0 Å². The third kappa shape index (κ3) is 2.53. The first kappa shape index (κ1) is 7.80. The van der Waals surface area contributed by atoms with Crippen LogP contribution < -0.4 is 5.32 Å². The van der Waals surface area contributed by atoms with Gasteiger partial charge in [-0.2, -0.15) is 0 Å². The van der Waals surface area contributed by atoms with Gasteiger partial charge in [0, 0.05) is 13.1 Å². The minimum atomic E-state index is 0.461. The van der Waals surface area contributed by atoms with Crippen molar-refractivity contribution in [3.05, 3.63) is 11.6 Å². The molecule has 0 unspecified atom stereocenters. The Kier molecular flexibility index (Phi) is 2.14. The zero-order valence-electron chi connectivity index (χ0n) is 7.20. The van der Waals surface area contributed by atoms with Crippen LogP contribution in [0.3, 0.4) is 0 Å². The summed E-state index contributed by atoms with van der Waals surface area (Å²) >= 11 is 0. The number of hydrogen-bond acceptors (Lipinski definition) is 1. The van der Waals surface area contributed by atoms with Gasteiger partial charge in [0.2, 0.25) is 0 Å². The van der Waals surface area contributed by atoms with Crippen molar-refractivity contribution in [1.82, 2.24) is 5.32 Å². The van der Waals surface area contributed by atoms with Gasteiger partial charge in [-0.3, -0.25) is 0 Å². The first-order chi connectivity index (χ1) is 4.58. The second kappa shape index (κ2) is 2.75. The van der Waals surface area contributed by atoms with Crippen molar-refractivity contribution in [3.8, 4) is 0 Å². The van der Waals surface area contributed by atoms with E-state index in [0.29, 0.717) is 5.41 Å². The number of allylic oxidation sites excluding steroid dienone is 1. The molecule has 0 aromatic rings. The summed E-state index contributed by atoms with van der Waals surface area (Å²) in [6, 6.07) is 0. The monoisotopic (exact) mass is 139 g/mol. The number of nitrogens with one attached hydrogen (secondary N) is 1. The summed E-state index contributed by atoms with van der Waals surface area (Å²) in [6.07, 6.45) is 3.58. The number of rotatable bonds is 1. The van der Waals surface area contributed by atoms with E-state index in [-0.39, 0.29) is 0 Å². The molecule has 0 atom stereocenters. The van der Waals surface area contributed by atoms with Crippen molar-refractivity contribution in [2.45, 2.75) is 27.2 Å². The van der Waals surface area contributed by atoms with Crippen molar-refractivity contribution in [2.75, 3.05) is 13.1 Å². The standard InChI is InChI=1S/C9H17N/c1-9(2,3)5-4-8-6-10-7-8/h4,10H,5-7H2,1-3H3. The van der Waals surface area contributed by atoms with Gasteiger partial charge in [-0.25, -0.2) is 0 Å². The van der Waals surface area contributed by atoms with Crippen LogP contribution in [0.5, 0.6) is 0 Å². The Balaban J connectivity index is 2.26. The maximum Gasteiger partial charge on any atom is 0.0180 e. The van der Waals surface area contributed by atoms with Crippen LogP contribution in [0.4, 0.5) is 0 Å². The van der Waals surface area contributed by atoms with Gasteiger partial charge in [-0.05, 0) is 17.4 Å². The van der Waals surface area contributed by atoms with E-state index in [9.17, 15) is 0 Å². The first-order valence-electron chi connectivity index (χ1n) is 3.96. The summed E-state index contributed by atoms with van der Waals surface area (Å²) in [5, 5.41) is 3.23. The molecule has 1 rings (SSSR count). The maximum absolute atomic E-state index is 3.23. The Hall–Kier alpha value is -0.300. The molecule has 1 saturated heterocycles. The largest absolute Gasteiger partial charge is 0.309 e. The average Bonchev–Trinajstić information content (AvgIpc) is 1.56. The summed E-state index contributed by atoms with van der Waals surface area (Å²) < 4.78 is 0. The Morgan fingerprint density at radius 2 is 2.00 bits per heavy atom. The fourth-order valence-corrected chi connectivity index (χ4v) is 0.864. The molecular weight excluding hydrogens is 122 g/mol. The molecule has 58 valence electrons. The lowest BCUT2D eigenvalue weighted by molar-refractivity contribution is 0.417. The zero-order chi connectivity index (χ0) is 7.61. The van der Waals surface area contributed by atoms with Crippen LogP contribution in [-0.4, -0.2) is 13.1 Å². The fourth-order valence-electron chi connectivity index (χ4n) is 0.864. The van der Waals surface area contributed by atoms with Gasteiger partial charge in [-0.1, -0.05) is 26.8 Å². The molecule has 1 aliphatic heterocycles. The molecular formula is C9H17N. The summed E-state index contributed by atoms with van der Waals surface area (Å²) in [4.78, 5) is 0. The van der Waals surface area contributed by atoms with Gasteiger partial charge in [-0.15, -0.1) is 0 Å². The van der Waals surface area contributed by atoms with E-state index < -0.39 is 0 Å². The van der Waals surface area contributed by atoms with Crippen molar-refractivity contribution in [1.29, 1.82) is 0 Å². The lowest BCUT2D eigenvalue weighted by Gasteiger charge is -2.21. The molecule has 0 aromatic heterocycles. The quantitative estimate of drug-likeness (QED) is 0.547. The molecule has 0 aliphatic carbocycles. The normalized spacial score (nSPS) is 18.5. The SMILES string of the molecule is CC(C)(C)CC=C1CNC1. The topological polar surface area (TPSA) is 12.0 Å². The Labute approximate surface area is 63.5 Å². The molecule has 1 aliphatic rings. The zero-order valence-corrected chi connectivity index (χ0v) is 7.20. The van der Waals surface area contributed by atoms with Crippen LogP contribution in [-0.2, 0) is 0 Å². The molecule has 10 heavy (non-hydrogen) atoms. The molecule has 0 amide bonds. The molecule has 1 heterocycles.